The first kappa shape index (κ1) is 13.5. The maximum Gasteiger partial charge on any atom is 0.254 e. The molecule has 0 radical (unpaired) electrons. The van der Waals surface area contributed by atoms with Gasteiger partial charge in [-0.2, -0.15) is 0 Å². The standard InChI is InChI=1S/C14H17N3OS/c1-10(2)17(9-12-4-3-7-19-12)14(18)11-5-6-16-13(15)8-11/h3-8,10H,9H2,1-2H3,(H2,15,16). The molecule has 0 unspecified atom stereocenters. The smallest absolute Gasteiger partial charge is 0.254 e. The van der Waals surface area contributed by atoms with Crippen LogP contribution in [0.5, 0.6) is 0 Å². The fraction of sp³-hybridized carbons (Fsp3) is 0.286. The molecule has 4 nitrogen and oxygen atoms in total. The highest BCUT2D eigenvalue weighted by Gasteiger charge is 2.19. The van der Waals surface area contributed by atoms with Crippen LogP contribution in [0.25, 0.3) is 0 Å². The third kappa shape index (κ3) is 3.32. The molecule has 2 rings (SSSR count). The number of thiophene rings is 1. The van der Waals surface area contributed by atoms with Gasteiger partial charge in [-0.25, -0.2) is 4.98 Å². The van der Waals surface area contributed by atoms with Gasteiger partial charge in [0.2, 0.25) is 0 Å². The summed E-state index contributed by atoms with van der Waals surface area (Å²) < 4.78 is 0. The molecule has 2 heterocycles. The van der Waals surface area contributed by atoms with Crippen molar-refractivity contribution in [2.75, 3.05) is 5.73 Å². The van der Waals surface area contributed by atoms with Gasteiger partial charge in [0.1, 0.15) is 5.82 Å². The number of anilines is 1. The van der Waals surface area contributed by atoms with Gasteiger partial charge in [0, 0.05) is 22.7 Å². The number of amides is 1. The Bertz CT molecular complexity index is 552. The van der Waals surface area contributed by atoms with Gasteiger partial charge >= 0.3 is 0 Å². The fourth-order valence-corrected chi connectivity index (χ4v) is 2.51. The number of carbonyl (C=O) groups excluding carboxylic acids is 1. The summed E-state index contributed by atoms with van der Waals surface area (Å²) in [5.41, 5.74) is 6.21. The normalized spacial score (nSPS) is 10.7. The van der Waals surface area contributed by atoms with Crippen LogP contribution in [-0.4, -0.2) is 21.8 Å². The van der Waals surface area contributed by atoms with Gasteiger partial charge in [-0.1, -0.05) is 6.07 Å². The number of rotatable bonds is 4. The summed E-state index contributed by atoms with van der Waals surface area (Å²) in [6.07, 6.45) is 1.56. The van der Waals surface area contributed by atoms with E-state index in [1.807, 2.05) is 36.3 Å². The molecule has 0 fully saturated rings. The molecule has 100 valence electrons. The Hall–Kier alpha value is -1.88. The summed E-state index contributed by atoms with van der Waals surface area (Å²) in [6, 6.07) is 7.47. The monoisotopic (exact) mass is 275 g/mol. The minimum Gasteiger partial charge on any atom is -0.384 e. The van der Waals surface area contributed by atoms with Gasteiger partial charge in [-0.3, -0.25) is 4.79 Å². The molecule has 2 aromatic heterocycles. The van der Waals surface area contributed by atoms with Crippen molar-refractivity contribution in [1.29, 1.82) is 0 Å². The zero-order valence-electron chi connectivity index (χ0n) is 11.0. The predicted octanol–water partition coefficient (Wildman–Crippen LogP) is 2.78. The number of hydrogen-bond donors (Lipinski definition) is 1. The van der Waals surface area contributed by atoms with Crippen LogP contribution < -0.4 is 5.73 Å². The lowest BCUT2D eigenvalue weighted by Gasteiger charge is -2.26. The summed E-state index contributed by atoms with van der Waals surface area (Å²) in [5.74, 6) is 0.350. The van der Waals surface area contributed by atoms with Crippen LogP contribution in [0.15, 0.2) is 35.8 Å². The predicted molar refractivity (Wildman–Crippen MR) is 78.0 cm³/mol. The molecule has 1 amide bonds. The summed E-state index contributed by atoms with van der Waals surface area (Å²) in [6.45, 7) is 4.64. The zero-order valence-corrected chi connectivity index (χ0v) is 11.9. The number of aromatic nitrogens is 1. The maximum absolute atomic E-state index is 12.5. The van der Waals surface area contributed by atoms with Crippen molar-refractivity contribution in [3.05, 3.63) is 46.3 Å². The molecule has 5 heteroatoms. The van der Waals surface area contributed by atoms with Crippen molar-refractivity contribution >= 4 is 23.1 Å². The summed E-state index contributed by atoms with van der Waals surface area (Å²) in [5, 5.41) is 2.02. The van der Waals surface area contributed by atoms with E-state index in [0.29, 0.717) is 17.9 Å². The van der Waals surface area contributed by atoms with E-state index in [9.17, 15) is 4.79 Å². The van der Waals surface area contributed by atoms with Crippen LogP contribution in [0.4, 0.5) is 5.82 Å². The van der Waals surface area contributed by atoms with Crippen molar-refractivity contribution < 1.29 is 4.79 Å². The Morgan fingerprint density at radius 2 is 2.26 bits per heavy atom. The Kier molecular flexibility index (Phi) is 4.16. The van der Waals surface area contributed by atoms with Crippen molar-refractivity contribution in [1.82, 2.24) is 9.88 Å². The number of nitrogens with zero attached hydrogens (tertiary/aromatic N) is 2. The molecule has 19 heavy (non-hydrogen) atoms. The molecule has 0 saturated carbocycles. The lowest BCUT2D eigenvalue weighted by Crippen LogP contribution is -2.36. The third-order valence-corrected chi connectivity index (χ3v) is 3.68. The van der Waals surface area contributed by atoms with E-state index < -0.39 is 0 Å². The Balaban J connectivity index is 2.21. The number of carbonyl (C=O) groups is 1. The molecule has 0 aromatic carbocycles. The van der Waals surface area contributed by atoms with Gasteiger partial charge in [-0.15, -0.1) is 11.3 Å². The molecule has 0 aliphatic carbocycles. The molecule has 0 aliphatic rings. The van der Waals surface area contributed by atoms with Crippen LogP contribution in [0, 0.1) is 0 Å². The van der Waals surface area contributed by atoms with Crippen molar-refractivity contribution in [2.45, 2.75) is 26.4 Å². The van der Waals surface area contributed by atoms with Crippen LogP contribution >= 0.6 is 11.3 Å². The van der Waals surface area contributed by atoms with E-state index in [0.717, 1.165) is 0 Å². The molecule has 0 atom stereocenters. The number of nitrogens with two attached hydrogens (primary N) is 1. The molecule has 0 aliphatic heterocycles. The van der Waals surface area contributed by atoms with Crippen LogP contribution in [0.1, 0.15) is 29.1 Å². The minimum atomic E-state index is -0.0162. The zero-order chi connectivity index (χ0) is 13.8. The van der Waals surface area contributed by atoms with E-state index in [4.69, 9.17) is 5.73 Å². The van der Waals surface area contributed by atoms with E-state index in [2.05, 4.69) is 4.98 Å². The second-order valence-electron chi connectivity index (χ2n) is 4.58. The van der Waals surface area contributed by atoms with E-state index in [1.54, 1.807) is 29.7 Å². The second kappa shape index (κ2) is 5.84. The highest BCUT2D eigenvalue weighted by molar-refractivity contribution is 7.09. The van der Waals surface area contributed by atoms with E-state index in [1.165, 1.54) is 4.88 Å². The van der Waals surface area contributed by atoms with Gasteiger partial charge in [0.05, 0.1) is 6.54 Å². The average Bonchev–Trinajstić information content (AvgIpc) is 2.87. The highest BCUT2D eigenvalue weighted by Crippen LogP contribution is 2.17. The van der Waals surface area contributed by atoms with Gasteiger partial charge in [-0.05, 0) is 37.4 Å². The third-order valence-electron chi connectivity index (χ3n) is 2.82. The molecule has 2 N–H and O–H groups in total. The summed E-state index contributed by atoms with van der Waals surface area (Å²) in [4.78, 5) is 19.4. The Labute approximate surface area is 116 Å². The van der Waals surface area contributed by atoms with Crippen LogP contribution in [0.2, 0.25) is 0 Å². The maximum atomic E-state index is 12.5. The van der Waals surface area contributed by atoms with E-state index >= 15 is 0 Å². The molecule has 0 spiro atoms. The average molecular weight is 275 g/mol. The number of pyridine rings is 1. The van der Waals surface area contributed by atoms with Crippen molar-refractivity contribution in [2.24, 2.45) is 0 Å². The molecular weight excluding hydrogens is 258 g/mol. The Morgan fingerprint density at radius 3 is 2.84 bits per heavy atom. The molecule has 0 bridgehead atoms. The molecule has 2 aromatic rings. The lowest BCUT2D eigenvalue weighted by molar-refractivity contribution is 0.0692. The van der Waals surface area contributed by atoms with Crippen LogP contribution in [-0.2, 0) is 6.54 Å². The van der Waals surface area contributed by atoms with E-state index in [-0.39, 0.29) is 11.9 Å². The number of nitrogen functional groups attached to an aromatic ring is 1. The van der Waals surface area contributed by atoms with Gasteiger partial charge in [0.25, 0.3) is 5.91 Å². The quantitative estimate of drug-likeness (QED) is 0.933. The van der Waals surface area contributed by atoms with Crippen LogP contribution in [0.3, 0.4) is 0 Å². The SMILES string of the molecule is CC(C)N(Cc1cccs1)C(=O)c1ccnc(N)c1. The summed E-state index contributed by atoms with van der Waals surface area (Å²) >= 11 is 1.65. The van der Waals surface area contributed by atoms with Crippen molar-refractivity contribution in [3.8, 4) is 0 Å². The Morgan fingerprint density at radius 1 is 1.47 bits per heavy atom. The van der Waals surface area contributed by atoms with Crippen molar-refractivity contribution in [3.63, 3.8) is 0 Å². The topological polar surface area (TPSA) is 59.2 Å². The first-order valence-corrected chi connectivity index (χ1v) is 7.01. The first-order chi connectivity index (χ1) is 9.08. The molecule has 0 saturated heterocycles. The highest BCUT2D eigenvalue weighted by atomic mass is 32.1. The van der Waals surface area contributed by atoms with Gasteiger partial charge in [0.15, 0.2) is 0 Å². The fourth-order valence-electron chi connectivity index (χ4n) is 1.81. The first-order valence-electron chi connectivity index (χ1n) is 6.13. The lowest BCUT2D eigenvalue weighted by atomic mass is 10.2. The summed E-state index contributed by atoms with van der Waals surface area (Å²) in [7, 11) is 0. The molecular formula is C14H17N3OS. The minimum absolute atomic E-state index is 0.0162. The second-order valence-corrected chi connectivity index (χ2v) is 5.61. The largest absolute Gasteiger partial charge is 0.384 e. The van der Waals surface area contributed by atoms with Gasteiger partial charge < -0.3 is 10.6 Å². The number of hydrogen-bond acceptors (Lipinski definition) is 4.